The van der Waals surface area contributed by atoms with Crippen molar-refractivity contribution in [1.29, 1.82) is 0 Å². The van der Waals surface area contributed by atoms with E-state index in [-0.39, 0.29) is 11.3 Å². The molecular weight excluding hydrogens is 349 g/mol. The summed E-state index contributed by atoms with van der Waals surface area (Å²) in [5.74, 6) is -0.999. The maximum Gasteiger partial charge on any atom is 0.549 e. The smallest absolute Gasteiger partial charge is 0.534 e. The van der Waals surface area contributed by atoms with E-state index in [4.69, 9.17) is 16.1 Å². The first-order valence-electron chi connectivity index (χ1n) is 9.14. The Hall–Kier alpha value is -2.14. The lowest BCUT2D eigenvalue weighted by Crippen LogP contribution is -2.50. The summed E-state index contributed by atoms with van der Waals surface area (Å²) in [6, 6.07) is 4.90. The number of nitrogens with zero attached hydrogens (tertiary/aromatic N) is 3. The second kappa shape index (κ2) is 8.70. The highest BCUT2D eigenvalue weighted by molar-refractivity contribution is 6.46. The third-order valence-corrected chi connectivity index (χ3v) is 4.95. The average Bonchev–Trinajstić information content (AvgIpc) is 2.63. The van der Waals surface area contributed by atoms with Crippen molar-refractivity contribution >= 4 is 18.9 Å². The molecule has 0 radical (unpaired) electrons. The first kappa shape index (κ1) is 19.6. The number of fused-ring (bicyclic) bond motifs is 1. The zero-order valence-corrected chi connectivity index (χ0v) is 15.3. The number of para-hydroxylation sites is 1. The van der Waals surface area contributed by atoms with E-state index in [0.29, 0.717) is 30.9 Å². The summed E-state index contributed by atoms with van der Waals surface area (Å²) in [6.45, 7) is 5.78. The summed E-state index contributed by atoms with van der Waals surface area (Å²) in [7, 11) is -1.22. The molecule has 0 aliphatic carbocycles. The van der Waals surface area contributed by atoms with Gasteiger partial charge in [-0.1, -0.05) is 12.1 Å². The zero-order valence-electron chi connectivity index (χ0n) is 15.3. The molecule has 0 saturated carbocycles. The van der Waals surface area contributed by atoms with Gasteiger partial charge in [0.25, 0.3) is 0 Å². The second-order valence-electron chi connectivity index (χ2n) is 6.91. The van der Waals surface area contributed by atoms with Gasteiger partial charge in [0.2, 0.25) is 0 Å². The normalized spacial score (nSPS) is 21.6. The van der Waals surface area contributed by atoms with Gasteiger partial charge in [0, 0.05) is 39.3 Å². The number of benzene rings is 1. The Morgan fingerprint density at radius 3 is 2.67 bits per heavy atom. The van der Waals surface area contributed by atoms with Crippen molar-refractivity contribution in [1.82, 2.24) is 9.80 Å². The maximum atomic E-state index is 11.3. The van der Waals surface area contributed by atoms with Crippen LogP contribution in [0.5, 0.6) is 5.75 Å². The maximum absolute atomic E-state index is 11.3. The molecule has 146 valence electrons. The Morgan fingerprint density at radius 2 is 2.00 bits per heavy atom. The molecule has 3 rings (SSSR count). The van der Waals surface area contributed by atoms with Crippen molar-refractivity contribution in [2.75, 3.05) is 45.8 Å². The van der Waals surface area contributed by atoms with Crippen LogP contribution in [0.2, 0.25) is 0 Å². The third kappa shape index (κ3) is 4.78. The van der Waals surface area contributed by atoms with E-state index in [9.17, 15) is 14.9 Å². The summed E-state index contributed by atoms with van der Waals surface area (Å²) < 4.78 is 5.45. The van der Waals surface area contributed by atoms with Gasteiger partial charge in [0.05, 0.1) is 12.1 Å². The number of carboxylic acid groups (broad SMARTS) is 1. The molecule has 9 nitrogen and oxygen atoms in total. The quantitative estimate of drug-likeness (QED) is 0.272. The highest BCUT2D eigenvalue weighted by Crippen LogP contribution is 2.31. The molecule has 0 unspecified atom stereocenters. The predicted octanol–water partition coefficient (Wildman–Crippen LogP) is -1.36. The van der Waals surface area contributed by atoms with E-state index < -0.39 is 19.0 Å². The van der Waals surface area contributed by atoms with Crippen molar-refractivity contribution in [2.24, 2.45) is 16.5 Å². The summed E-state index contributed by atoms with van der Waals surface area (Å²) >= 11 is 0. The fraction of sp³-hybridized carbons (Fsp3) is 0.529. The van der Waals surface area contributed by atoms with E-state index in [1.807, 2.05) is 0 Å². The highest BCUT2D eigenvalue weighted by atomic mass is 16.5. The first-order chi connectivity index (χ1) is 13.0. The van der Waals surface area contributed by atoms with Crippen molar-refractivity contribution in [3.05, 3.63) is 29.3 Å². The number of carbonyl (C=O) groups is 1. The van der Waals surface area contributed by atoms with Crippen LogP contribution in [0.1, 0.15) is 15.9 Å². The topological polar surface area (TPSA) is 138 Å². The summed E-state index contributed by atoms with van der Waals surface area (Å²) in [5.41, 5.74) is 12.4. The van der Waals surface area contributed by atoms with Gasteiger partial charge in [-0.25, -0.2) is 4.79 Å². The molecule has 10 heteroatoms. The number of hydrogen-bond acceptors (Lipinski definition) is 7. The van der Waals surface area contributed by atoms with Crippen LogP contribution < -0.4 is 16.1 Å². The van der Waals surface area contributed by atoms with Crippen LogP contribution in [0, 0.1) is 0 Å². The lowest BCUT2D eigenvalue weighted by molar-refractivity contribution is 0.0694. The fourth-order valence-electron chi connectivity index (χ4n) is 3.52. The number of nitrogens with two attached hydrogens (primary N) is 2. The Kier molecular flexibility index (Phi) is 6.32. The van der Waals surface area contributed by atoms with Gasteiger partial charge >= 0.3 is 13.1 Å². The van der Waals surface area contributed by atoms with Gasteiger partial charge in [0.1, 0.15) is 17.5 Å². The fourth-order valence-corrected chi connectivity index (χ4v) is 3.52. The molecular formula is C17H26BN5O4. The molecule has 2 aliphatic rings. The number of aliphatic imine (C=N–C) groups is 1. The molecule has 1 aromatic rings. The number of aromatic carboxylic acids is 1. The monoisotopic (exact) mass is 375 g/mol. The minimum atomic E-state index is -1.22. The zero-order chi connectivity index (χ0) is 19.4. The van der Waals surface area contributed by atoms with Crippen LogP contribution in [-0.2, 0) is 6.42 Å². The van der Waals surface area contributed by atoms with Crippen LogP contribution in [0.15, 0.2) is 23.2 Å². The minimum Gasteiger partial charge on any atom is -0.534 e. The first-order valence-corrected chi connectivity index (χ1v) is 9.14. The number of rotatable bonds is 6. The number of hydrogen-bond donors (Lipinski definition) is 4. The van der Waals surface area contributed by atoms with Crippen LogP contribution in [-0.4, -0.2) is 90.6 Å². The number of piperazine rings is 1. The summed E-state index contributed by atoms with van der Waals surface area (Å²) in [4.78, 5) is 20.3. The van der Waals surface area contributed by atoms with Gasteiger partial charge in [-0.3, -0.25) is 14.8 Å². The number of amidine groups is 1. The van der Waals surface area contributed by atoms with Crippen molar-refractivity contribution in [3.63, 3.8) is 0 Å². The molecule has 0 aromatic heterocycles. The number of carboxylic acids is 1. The Balaban J connectivity index is 1.62. The Morgan fingerprint density at radius 1 is 1.30 bits per heavy atom. The van der Waals surface area contributed by atoms with E-state index >= 15 is 0 Å². The standard InChI is InChI=1S/C17H26BN5O4/c19-4-5-22-6-8-23(9-7-22)11-15(20)21-14-10-12-2-1-3-13(17(24)25)16(12)27-18(14)26/h1-3,14,26H,4-11,19H2,(H2,20,21)(H,24,25)/t14-/m0/s1. The van der Waals surface area contributed by atoms with Gasteiger partial charge in [-0.05, 0) is 18.1 Å². The predicted molar refractivity (Wildman–Crippen MR) is 103 cm³/mol. The largest absolute Gasteiger partial charge is 0.549 e. The Labute approximate surface area is 158 Å². The molecule has 0 spiro atoms. The van der Waals surface area contributed by atoms with Crippen LogP contribution >= 0.6 is 0 Å². The minimum absolute atomic E-state index is 0.0392. The molecule has 1 saturated heterocycles. The van der Waals surface area contributed by atoms with Crippen molar-refractivity contribution < 1.29 is 19.6 Å². The molecule has 27 heavy (non-hydrogen) atoms. The molecule has 0 amide bonds. The van der Waals surface area contributed by atoms with Gasteiger partial charge in [0.15, 0.2) is 0 Å². The summed E-state index contributed by atoms with van der Waals surface area (Å²) in [5, 5.41) is 19.5. The van der Waals surface area contributed by atoms with Crippen molar-refractivity contribution in [2.45, 2.75) is 12.4 Å². The van der Waals surface area contributed by atoms with Gasteiger partial charge in [-0.2, -0.15) is 0 Å². The summed E-state index contributed by atoms with van der Waals surface area (Å²) in [6.07, 6.45) is 0.378. The molecule has 1 atom stereocenters. The third-order valence-electron chi connectivity index (χ3n) is 4.95. The van der Waals surface area contributed by atoms with Crippen LogP contribution in [0.4, 0.5) is 0 Å². The Bertz CT molecular complexity index is 709. The van der Waals surface area contributed by atoms with E-state index in [1.165, 1.54) is 6.07 Å². The van der Waals surface area contributed by atoms with Gasteiger partial charge in [-0.15, -0.1) is 0 Å². The van der Waals surface area contributed by atoms with E-state index in [1.54, 1.807) is 12.1 Å². The average molecular weight is 375 g/mol. The lowest BCUT2D eigenvalue weighted by atomic mass is 9.72. The van der Waals surface area contributed by atoms with Crippen LogP contribution in [0.3, 0.4) is 0 Å². The highest BCUT2D eigenvalue weighted by Gasteiger charge is 2.37. The molecule has 6 N–H and O–H groups in total. The van der Waals surface area contributed by atoms with Gasteiger partial charge < -0.3 is 26.3 Å². The lowest BCUT2D eigenvalue weighted by Gasteiger charge is -2.34. The molecule has 0 bridgehead atoms. The molecule has 1 aromatic carbocycles. The van der Waals surface area contributed by atoms with Crippen LogP contribution in [0.25, 0.3) is 0 Å². The van der Waals surface area contributed by atoms with E-state index in [0.717, 1.165) is 32.7 Å². The van der Waals surface area contributed by atoms with E-state index in [2.05, 4.69) is 14.8 Å². The molecule has 2 aliphatic heterocycles. The molecule has 2 heterocycles. The SMILES string of the molecule is NCCN1CCN(C/C(N)=N/[C@H]2Cc3cccc(C(=O)O)c3OB2O)CC1. The second-order valence-corrected chi connectivity index (χ2v) is 6.91. The van der Waals surface area contributed by atoms with Crippen molar-refractivity contribution in [3.8, 4) is 5.75 Å². The molecule has 1 fully saturated rings.